The van der Waals surface area contributed by atoms with Crippen LogP contribution in [0.25, 0.3) is 11.0 Å². The molecule has 0 spiro atoms. The van der Waals surface area contributed by atoms with Gasteiger partial charge in [-0.15, -0.1) is 11.6 Å². The summed E-state index contributed by atoms with van der Waals surface area (Å²) in [7, 11) is 0. The molecule has 2 rings (SSSR count). The van der Waals surface area contributed by atoms with E-state index < -0.39 is 0 Å². The van der Waals surface area contributed by atoms with E-state index in [0.717, 1.165) is 37.5 Å². The van der Waals surface area contributed by atoms with Crippen molar-refractivity contribution in [1.29, 1.82) is 0 Å². The van der Waals surface area contributed by atoms with Gasteiger partial charge in [-0.05, 0) is 31.9 Å². The minimum Gasteiger partial charge on any atom is -0.382 e. The summed E-state index contributed by atoms with van der Waals surface area (Å²) in [5, 5.41) is 0. The van der Waals surface area contributed by atoms with Crippen LogP contribution in [0.5, 0.6) is 0 Å². The number of imidazole rings is 1. The third kappa shape index (κ3) is 2.68. The quantitative estimate of drug-likeness (QED) is 0.591. The summed E-state index contributed by atoms with van der Waals surface area (Å²) in [4.78, 5) is 4.62. The number of hydrogen-bond donors (Lipinski definition) is 0. The molecule has 4 heteroatoms. The van der Waals surface area contributed by atoms with Crippen LogP contribution in [-0.2, 0) is 17.2 Å². The van der Waals surface area contributed by atoms with Crippen molar-refractivity contribution in [2.75, 3.05) is 13.2 Å². The maximum atomic E-state index is 5.98. The van der Waals surface area contributed by atoms with Gasteiger partial charge in [0, 0.05) is 19.8 Å². The Bertz CT molecular complexity index is 522. The molecule has 0 unspecified atom stereocenters. The summed E-state index contributed by atoms with van der Waals surface area (Å²) in [6.45, 7) is 6.55. The Labute approximate surface area is 113 Å². The van der Waals surface area contributed by atoms with Gasteiger partial charge >= 0.3 is 0 Å². The molecule has 0 aliphatic heterocycles. The van der Waals surface area contributed by atoms with E-state index in [0.29, 0.717) is 5.88 Å². The monoisotopic (exact) mass is 266 g/mol. The molecular formula is C14H19ClN2O. The first-order valence-electron chi connectivity index (χ1n) is 6.36. The van der Waals surface area contributed by atoms with Crippen LogP contribution in [0.4, 0.5) is 0 Å². The molecule has 3 nitrogen and oxygen atoms in total. The third-order valence-electron chi connectivity index (χ3n) is 3.05. The molecule has 2 aromatic rings. The maximum Gasteiger partial charge on any atom is 0.124 e. The number of aromatic nitrogens is 2. The molecule has 0 fully saturated rings. The number of para-hydroxylation sites is 1. The second-order valence-corrected chi connectivity index (χ2v) is 4.57. The van der Waals surface area contributed by atoms with Crippen molar-refractivity contribution in [3.05, 3.63) is 29.6 Å². The first kappa shape index (κ1) is 13.4. The Kier molecular flexibility index (Phi) is 4.61. The van der Waals surface area contributed by atoms with Crippen LogP contribution in [0, 0.1) is 6.92 Å². The van der Waals surface area contributed by atoms with E-state index in [1.165, 1.54) is 11.1 Å². The molecule has 0 N–H and O–H groups in total. The van der Waals surface area contributed by atoms with E-state index >= 15 is 0 Å². The number of rotatable bonds is 6. The van der Waals surface area contributed by atoms with E-state index in [-0.39, 0.29) is 0 Å². The number of nitrogens with zero attached hydrogens (tertiary/aromatic N) is 2. The van der Waals surface area contributed by atoms with Crippen molar-refractivity contribution in [2.24, 2.45) is 0 Å². The zero-order valence-corrected chi connectivity index (χ0v) is 11.7. The average molecular weight is 267 g/mol. The normalized spacial score (nSPS) is 11.3. The van der Waals surface area contributed by atoms with Crippen LogP contribution < -0.4 is 0 Å². The van der Waals surface area contributed by atoms with Gasteiger partial charge in [-0.1, -0.05) is 12.1 Å². The van der Waals surface area contributed by atoms with Crippen LogP contribution in [0.1, 0.15) is 24.7 Å². The molecule has 1 heterocycles. The fraction of sp³-hybridized carbons (Fsp3) is 0.500. The molecular weight excluding hydrogens is 248 g/mol. The topological polar surface area (TPSA) is 27.1 Å². The lowest BCUT2D eigenvalue weighted by Crippen LogP contribution is -2.05. The van der Waals surface area contributed by atoms with Crippen LogP contribution in [0.15, 0.2) is 18.2 Å². The van der Waals surface area contributed by atoms with Crippen LogP contribution >= 0.6 is 11.6 Å². The molecule has 1 aromatic carbocycles. The van der Waals surface area contributed by atoms with Gasteiger partial charge in [-0.25, -0.2) is 4.98 Å². The number of fused-ring (bicyclic) bond motifs is 1. The minimum atomic E-state index is 0.447. The van der Waals surface area contributed by atoms with Gasteiger partial charge in [0.2, 0.25) is 0 Å². The molecule has 0 saturated heterocycles. The molecule has 0 atom stereocenters. The predicted octanol–water partition coefficient (Wildman–Crippen LogP) is 3.51. The Balaban J connectivity index is 2.26. The molecule has 0 radical (unpaired) electrons. The summed E-state index contributed by atoms with van der Waals surface area (Å²) in [6.07, 6.45) is 0.983. The van der Waals surface area contributed by atoms with E-state index in [1.807, 2.05) is 6.92 Å². The van der Waals surface area contributed by atoms with Gasteiger partial charge < -0.3 is 9.30 Å². The average Bonchev–Trinajstić information content (AvgIpc) is 2.74. The number of alkyl halides is 1. The number of benzene rings is 1. The van der Waals surface area contributed by atoms with Crippen LogP contribution in [-0.4, -0.2) is 22.8 Å². The van der Waals surface area contributed by atoms with E-state index in [2.05, 4.69) is 34.7 Å². The summed E-state index contributed by atoms with van der Waals surface area (Å²) < 4.78 is 7.58. The van der Waals surface area contributed by atoms with Crippen molar-refractivity contribution in [1.82, 2.24) is 9.55 Å². The minimum absolute atomic E-state index is 0.447. The van der Waals surface area contributed by atoms with E-state index in [4.69, 9.17) is 16.3 Å². The number of hydrogen-bond acceptors (Lipinski definition) is 2. The first-order valence-corrected chi connectivity index (χ1v) is 6.89. The maximum absolute atomic E-state index is 5.98. The lowest BCUT2D eigenvalue weighted by molar-refractivity contribution is 0.142. The van der Waals surface area contributed by atoms with Crippen molar-refractivity contribution in [3.63, 3.8) is 0 Å². The molecule has 98 valence electrons. The Morgan fingerprint density at radius 1 is 1.39 bits per heavy atom. The molecule has 0 aliphatic carbocycles. The zero-order chi connectivity index (χ0) is 13.0. The van der Waals surface area contributed by atoms with Gasteiger partial charge in [0.25, 0.3) is 0 Å². The summed E-state index contributed by atoms with van der Waals surface area (Å²) in [6, 6.07) is 6.25. The number of halogens is 1. The lowest BCUT2D eigenvalue weighted by Gasteiger charge is -2.07. The van der Waals surface area contributed by atoms with Crippen LogP contribution in [0.3, 0.4) is 0 Å². The summed E-state index contributed by atoms with van der Waals surface area (Å²) in [5.41, 5.74) is 3.43. The fourth-order valence-electron chi connectivity index (χ4n) is 2.16. The highest BCUT2D eigenvalue weighted by molar-refractivity contribution is 6.16. The molecule has 18 heavy (non-hydrogen) atoms. The summed E-state index contributed by atoms with van der Waals surface area (Å²) >= 11 is 5.98. The highest BCUT2D eigenvalue weighted by atomic mass is 35.5. The molecule has 0 aliphatic rings. The Morgan fingerprint density at radius 3 is 2.94 bits per heavy atom. The van der Waals surface area contributed by atoms with E-state index in [9.17, 15) is 0 Å². The predicted molar refractivity (Wildman–Crippen MR) is 75.1 cm³/mol. The lowest BCUT2D eigenvalue weighted by atomic mass is 10.2. The van der Waals surface area contributed by atoms with Gasteiger partial charge in [0.05, 0.1) is 16.9 Å². The summed E-state index contributed by atoms with van der Waals surface area (Å²) in [5.74, 6) is 1.39. The van der Waals surface area contributed by atoms with Crippen LogP contribution in [0.2, 0.25) is 0 Å². The zero-order valence-electron chi connectivity index (χ0n) is 10.9. The van der Waals surface area contributed by atoms with Crippen molar-refractivity contribution in [3.8, 4) is 0 Å². The third-order valence-corrected chi connectivity index (χ3v) is 3.29. The number of aryl methyl sites for hydroxylation is 2. The first-order chi connectivity index (χ1) is 8.77. The highest BCUT2D eigenvalue weighted by Crippen LogP contribution is 2.21. The Morgan fingerprint density at radius 2 is 2.22 bits per heavy atom. The van der Waals surface area contributed by atoms with Gasteiger partial charge in [-0.3, -0.25) is 0 Å². The second kappa shape index (κ2) is 6.21. The van der Waals surface area contributed by atoms with Crippen molar-refractivity contribution >= 4 is 22.6 Å². The van der Waals surface area contributed by atoms with Crippen molar-refractivity contribution < 1.29 is 4.74 Å². The fourth-order valence-corrected chi connectivity index (χ4v) is 2.36. The molecule has 0 amide bonds. The Hall–Kier alpha value is -1.06. The van der Waals surface area contributed by atoms with Gasteiger partial charge in [0.15, 0.2) is 0 Å². The molecule has 0 bridgehead atoms. The highest BCUT2D eigenvalue weighted by Gasteiger charge is 2.10. The molecule has 0 saturated carbocycles. The van der Waals surface area contributed by atoms with Crippen molar-refractivity contribution in [2.45, 2.75) is 32.7 Å². The standard InChI is InChI=1S/C14H19ClN2O/c1-3-18-9-5-8-17-12-7-4-6-11(2)14(12)16-13(17)10-15/h4,6-7H,3,5,8-10H2,1-2H3. The van der Waals surface area contributed by atoms with Gasteiger partial charge in [-0.2, -0.15) is 0 Å². The largest absolute Gasteiger partial charge is 0.382 e. The van der Waals surface area contributed by atoms with Gasteiger partial charge in [0.1, 0.15) is 5.82 Å². The number of ether oxygens (including phenoxy) is 1. The smallest absolute Gasteiger partial charge is 0.124 e. The molecule has 1 aromatic heterocycles. The second-order valence-electron chi connectivity index (χ2n) is 4.31. The SMILES string of the molecule is CCOCCCn1c(CCl)nc2c(C)cccc21. The van der Waals surface area contributed by atoms with E-state index in [1.54, 1.807) is 0 Å².